The molecule has 0 unspecified atom stereocenters. The largest absolute Gasteiger partial charge is 0.494 e. The Labute approximate surface area is 157 Å². The smallest absolute Gasteiger partial charge is 0.255 e. The number of rotatable bonds is 10. The second kappa shape index (κ2) is 10.6. The van der Waals surface area contributed by atoms with Gasteiger partial charge in [-0.25, -0.2) is 0 Å². The summed E-state index contributed by atoms with van der Waals surface area (Å²) in [6.07, 6.45) is 6.12. The minimum absolute atomic E-state index is 0.0933. The number of unbranched alkanes of at least 4 members (excludes halogenated alkanes) is 4. The summed E-state index contributed by atoms with van der Waals surface area (Å²) in [7, 11) is 0. The molecule has 3 heteroatoms. The number of anilines is 1. The van der Waals surface area contributed by atoms with Crippen LogP contribution in [0, 0.1) is 0 Å². The molecule has 0 saturated heterocycles. The molecule has 0 spiro atoms. The zero-order chi connectivity index (χ0) is 18.8. The summed E-state index contributed by atoms with van der Waals surface area (Å²) < 4.78 is 5.76. The summed E-state index contributed by atoms with van der Waals surface area (Å²) in [6, 6.07) is 15.3. The molecule has 0 aliphatic heterocycles. The third-order valence-electron chi connectivity index (χ3n) is 4.46. The highest BCUT2D eigenvalue weighted by atomic mass is 16.5. The molecule has 0 fully saturated rings. The predicted octanol–water partition coefficient (Wildman–Crippen LogP) is 6.41. The van der Waals surface area contributed by atoms with Crippen LogP contribution < -0.4 is 10.1 Å². The van der Waals surface area contributed by atoms with Crippen LogP contribution in [0.4, 0.5) is 5.69 Å². The summed E-state index contributed by atoms with van der Waals surface area (Å²) in [5.41, 5.74) is 2.66. The Balaban J connectivity index is 1.87. The van der Waals surface area contributed by atoms with Gasteiger partial charge in [0.2, 0.25) is 0 Å². The number of benzene rings is 2. The average Bonchev–Trinajstić information content (AvgIpc) is 2.65. The highest BCUT2D eigenvalue weighted by molar-refractivity contribution is 6.04. The fraction of sp³-hybridized carbons (Fsp3) is 0.435. The van der Waals surface area contributed by atoms with E-state index in [9.17, 15) is 4.79 Å². The number of ether oxygens (including phenoxy) is 1. The Hall–Kier alpha value is -2.29. The lowest BCUT2D eigenvalue weighted by Crippen LogP contribution is -2.13. The van der Waals surface area contributed by atoms with Crippen molar-refractivity contribution in [3.63, 3.8) is 0 Å². The summed E-state index contributed by atoms with van der Waals surface area (Å²) in [5, 5.41) is 3.02. The van der Waals surface area contributed by atoms with Crippen LogP contribution in [0.2, 0.25) is 0 Å². The van der Waals surface area contributed by atoms with E-state index in [0.717, 1.165) is 30.0 Å². The fourth-order valence-corrected chi connectivity index (χ4v) is 2.91. The Morgan fingerprint density at radius 3 is 2.35 bits per heavy atom. The third-order valence-corrected chi connectivity index (χ3v) is 4.46. The van der Waals surface area contributed by atoms with Crippen molar-refractivity contribution in [1.29, 1.82) is 0 Å². The van der Waals surface area contributed by atoms with E-state index in [1.54, 1.807) is 0 Å². The Morgan fingerprint density at radius 1 is 0.962 bits per heavy atom. The second-order valence-corrected chi connectivity index (χ2v) is 6.98. The molecule has 0 saturated carbocycles. The molecule has 0 heterocycles. The first-order valence-corrected chi connectivity index (χ1v) is 9.75. The number of hydrogen-bond donors (Lipinski definition) is 1. The van der Waals surface area contributed by atoms with Gasteiger partial charge in [0.15, 0.2) is 0 Å². The number of carbonyl (C=O) groups is 1. The highest BCUT2D eigenvalue weighted by Gasteiger charge is 2.11. The maximum Gasteiger partial charge on any atom is 0.255 e. The lowest BCUT2D eigenvalue weighted by molar-refractivity contribution is 0.102. The number of nitrogens with one attached hydrogen (secondary N) is 1. The van der Waals surface area contributed by atoms with Crippen molar-refractivity contribution in [2.45, 2.75) is 58.8 Å². The fourth-order valence-electron chi connectivity index (χ4n) is 2.91. The van der Waals surface area contributed by atoms with Crippen molar-refractivity contribution in [3.05, 3.63) is 59.7 Å². The first-order valence-electron chi connectivity index (χ1n) is 9.75. The zero-order valence-corrected chi connectivity index (χ0v) is 16.3. The molecule has 0 aliphatic rings. The molecular formula is C23H31NO2. The van der Waals surface area contributed by atoms with Crippen LogP contribution >= 0.6 is 0 Å². The minimum atomic E-state index is -0.0933. The molecule has 2 aromatic rings. The van der Waals surface area contributed by atoms with Gasteiger partial charge in [0.05, 0.1) is 6.61 Å². The molecular weight excluding hydrogens is 322 g/mol. The molecule has 2 aromatic carbocycles. The van der Waals surface area contributed by atoms with Crippen LogP contribution in [0.15, 0.2) is 48.5 Å². The van der Waals surface area contributed by atoms with E-state index in [0.29, 0.717) is 11.5 Å². The molecule has 3 nitrogen and oxygen atoms in total. The topological polar surface area (TPSA) is 38.3 Å². The molecule has 140 valence electrons. The van der Waals surface area contributed by atoms with Crippen molar-refractivity contribution < 1.29 is 9.53 Å². The van der Waals surface area contributed by atoms with Gasteiger partial charge in [0, 0.05) is 11.3 Å². The number of amides is 1. The molecule has 1 N–H and O–H groups in total. The Bertz CT molecular complexity index is 677. The lowest BCUT2D eigenvalue weighted by atomic mass is 10.0. The van der Waals surface area contributed by atoms with Gasteiger partial charge in [0.25, 0.3) is 5.91 Å². The molecule has 0 atom stereocenters. The van der Waals surface area contributed by atoms with Gasteiger partial charge in [-0.3, -0.25) is 4.79 Å². The van der Waals surface area contributed by atoms with Gasteiger partial charge in [-0.15, -0.1) is 0 Å². The van der Waals surface area contributed by atoms with Gasteiger partial charge in [-0.1, -0.05) is 64.7 Å². The normalized spacial score (nSPS) is 10.8. The van der Waals surface area contributed by atoms with E-state index < -0.39 is 0 Å². The predicted molar refractivity (Wildman–Crippen MR) is 109 cm³/mol. The number of hydrogen-bond acceptors (Lipinski definition) is 2. The minimum Gasteiger partial charge on any atom is -0.494 e. The summed E-state index contributed by atoms with van der Waals surface area (Å²) in [4.78, 5) is 12.5. The molecule has 26 heavy (non-hydrogen) atoms. The standard InChI is InChI=1S/C23H31NO2/c1-4-5-6-7-10-17-26-20-15-13-19(14-16-20)23(25)24-22-12-9-8-11-21(22)18(2)3/h8-9,11-16,18H,4-7,10,17H2,1-3H3,(H,24,25). The van der Waals surface area contributed by atoms with E-state index in [1.165, 1.54) is 25.7 Å². The van der Waals surface area contributed by atoms with E-state index in [4.69, 9.17) is 4.74 Å². The highest BCUT2D eigenvalue weighted by Crippen LogP contribution is 2.24. The maximum absolute atomic E-state index is 12.5. The molecule has 2 rings (SSSR count). The molecule has 1 amide bonds. The van der Waals surface area contributed by atoms with Crippen LogP contribution in [0.25, 0.3) is 0 Å². The van der Waals surface area contributed by atoms with E-state index >= 15 is 0 Å². The Kier molecular flexibility index (Phi) is 8.20. The summed E-state index contributed by atoms with van der Waals surface area (Å²) in [5.74, 6) is 1.09. The van der Waals surface area contributed by atoms with Crippen LogP contribution in [-0.2, 0) is 0 Å². The average molecular weight is 354 g/mol. The van der Waals surface area contributed by atoms with Crippen molar-refractivity contribution in [3.8, 4) is 5.75 Å². The van der Waals surface area contributed by atoms with E-state index in [1.807, 2.05) is 42.5 Å². The first-order chi connectivity index (χ1) is 12.6. The summed E-state index contributed by atoms with van der Waals surface area (Å²) in [6.45, 7) is 7.20. The SMILES string of the molecule is CCCCCCCOc1ccc(C(=O)Nc2ccccc2C(C)C)cc1. The van der Waals surface area contributed by atoms with Crippen molar-refractivity contribution in [1.82, 2.24) is 0 Å². The van der Waals surface area contributed by atoms with Crippen molar-refractivity contribution in [2.75, 3.05) is 11.9 Å². The van der Waals surface area contributed by atoms with Gasteiger partial charge >= 0.3 is 0 Å². The van der Waals surface area contributed by atoms with Gasteiger partial charge in [-0.2, -0.15) is 0 Å². The molecule has 0 aromatic heterocycles. The quantitative estimate of drug-likeness (QED) is 0.501. The van der Waals surface area contributed by atoms with Crippen LogP contribution in [-0.4, -0.2) is 12.5 Å². The Morgan fingerprint density at radius 2 is 1.65 bits per heavy atom. The summed E-state index contributed by atoms with van der Waals surface area (Å²) >= 11 is 0. The second-order valence-electron chi connectivity index (χ2n) is 6.98. The monoisotopic (exact) mass is 353 g/mol. The maximum atomic E-state index is 12.5. The zero-order valence-electron chi connectivity index (χ0n) is 16.3. The molecule has 0 bridgehead atoms. The van der Waals surface area contributed by atoms with Gasteiger partial charge in [-0.05, 0) is 48.2 Å². The lowest BCUT2D eigenvalue weighted by Gasteiger charge is -2.14. The van der Waals surface area contributed by atoms with Crippen LogP contribution in [0.5, 0.6) is 5.75 Å². The van der Waals surface area contributed by atoms with E-state index in [2.05, 4.69) is 32.2 Å². The first kappa shape index (κ1) is 20.0. The third kappa shape index (κ3) is 6.21. The number of carbonyl (C=O) groups excluding carboxylic acids is 1. The van der Waals surface area contributed by atoms with Gasteiger partial charge < -0.3 is 10.1 Å². The van der Waals surface area contributed by atoms with Crippen LogP contribution in [0.1, 0.15) is 74.7 Å². The van der Waals surface area contributed by atoms with Gasteiger partial charge in [0.1, 0.15) is 5.75 Å². The number of para-hydroxylation sites is 1. The van der Waals surface area contributed by atoms with Crippen molar-refractivity contribution >= 4 is 11.6 Å². The van der Waals surface area contributed by atoms with E-state index in [-0.39, 0.29) is 5.91 Å². The molecule has 0 aliphatic carbocycles. The van der Waals surface area contributed by atoms with Crippen molar-refractivity contribution in [2.24, 2.45) is 0 Å². The molecule has 0 radical (unpaired) electrons. The van der Waals surface area contributed by atoms with Crippen LogP contribution in [0.3, 0.4) is 0 Å².